The summed E-state index contributed by atoms with van der Waals surface area (Å²) in [6.07, 6.45) is 0. The minimum absolute atomic E-state index is 0.0286. The summed E-state index contributed by atoms with van der Waals surface area (Å²) >= 11 is 2.92. The number of amides is 1. The van der Waals surface area contributed by atoms with Gasteiger partial charge in [0.1, 0.15) is 10.7 Å². The molecule has 0 bridgehead atoms. The van der Waals surface area contributed by atoms with E-state index in [4.69, 9.17) is 0 Å². The van der Waals surface area contributed by atoms with E-state index in [1.54, 1.807) is 0 Å². The Morgan fingerprint density at radius 3 is 2.68 bits per heavy atom. The zero-order valence-corrected chi connectivity index (χ0v) is 19.0. The Balaban J connectivity index is 1.41. The molecule has 2 aromatic carbocycles. The van der Waals surface area contributed by atoms with Gasteiger partial charge in [0, 0.05) is 17.5 Å². The number of aromatic nitrogens is 2. The fourth-order valence-electron chi connectivity index (χ4n) is 3.31. The van der Waals surface area contributed by atoms with Crippen LogP contribution >= 0.6 is 23.1 Å². The van der Waals surface area contributed by atoms with Crippen LogP contribution in [-0.4, -0.2) is 21.1 Å². The number of H-pyrrole nitrogens is 1. The second kappa shape index (κ2) is 9.49. The van der Waals surface area contributed by atoms with Gasteiger partial charge >= 0.3 is 0 Å². The van der Waals surface area contributed by atoms with Gasteiger partial charge in [-0.15, -0.1) is 23.1 Å². The zero-order valence-electron chi connectivity index (χ0n) is 17.3. The monoisotopic (exact) mass is 449 g/mol. The highest BCUT2D eigenvalue weighted by molar-refractivity contribution is 7.99. The maximum absolute atomic E-state index is 12.7. The van der Waals surface area contributed by atoms with Gasteiger partial charge in [-0.05, 0) is 30.5 Å². The molecule has 1 unspecified atom stereocenters. The smallest absolute Gasteiger partial charge is 0.260 e. The Bertz CT molecular complexity index is 1260. The van der Waals surface area contributed by atoms with E-state index >= 15 is 0 Å². The van der Waals surface area contributed by atoms with Crippen LogP contribution in [0.15, 0.2) is 64.8 Å². The summed E-state index contributed by atoms with van der Waals surface area (Å²) < 4.78 is 0. The van der Waals surface area contributed by atoms with Crippen molar-refractivity contribution in [2.75, 3.05) is 0 Å². The molecule has 2 heterocycles. The average Bonchev–Trinajstić information content (AvgIpc) is 3.22. The molecular formula is C24H23N3O2S2. The lowest BCUT2D eigenvalue weighted by Crippen LogP contribution is -2.30. The van der Waals surface area contributed by atoms with Crippen LogP contribution in [0.4, 0.5) is 0 Å². The molecule has 2 N–H and O–H groups in total. The summed E-state index contributed by atoms with van der Waals surface area (Å²) in [5.74, 6) is 1.02. The van der Waals surface area contributed by atoms with Crippen molar-refractivity contribution >= 4 is 39.2 Å². The number of thiophene rings is 1. The highest BCUT2D eigenvalue weighted by Crippen LogP contribution is 2.30. The van der Waals surface area contributed by atoms with Gasteiger partial charge < -0.3 is 10.3 Å². The summed E-state index contributed by atoms with van der Waals surface area (Å²) in [5, 5.41) is 5.32. The molecule has 0 radical (unpaired) electrons. The molecule has 0 aliphatic carbocycles. The quantitative estimate of drug-likeness (QED) is 0.421. The van der Waals surface area contributed by atoms with Crippen molar-refractivity contribution in [1.29, 1.82) is 0 Å². The van der Waals surface area contributed by atoms with Crippen molar-refractivity contribution in [3.63, 3.8) is 0 Å². The Kier molecular flexibility index (Phi) is 6.53. The van der Waals surface area contributed by atoms with Crippen LogP contribution in [0.25, 0.3) is 21.3 Å². The van der Waals surface area contributed by atoms with Gasteiger partial charge in [0.15, 0.2) is 0 Å². The number of hydrogen-bond acceptors (Lipinski definition) is 5. The third-order valence-corrected chi connectivity index (χ3v) is 7.16. The van der Waals surface area contributed by atoms with Gasteiger partial charge in [-0.25, -0.2) is 4.98 Å². The predicted molar refractivity (Wildman–Crippen MR) is 129 cm³/mol. The van der Waals surface area contributed by atoms with Crippen LogP contribution < -0.4 is 10.9 Å². The summed E-state index contributed by atoms with van der Waals surface area (Å²) in [7, 11) is 0. The van der Waals surface area contributed by atoms with Gasteiger partial charge in [-0.3, -0.25) is 9.59 Å². The molecule has 31 heavy (non-hydrogen) atoms. The first-order valence-corrected chi connectivity index (χ1v) is 12.0. The third-order valence-electron chi connectivity index (χ3n) is 5.13. The maximum Gasteiger partial charge on any atom is 0.260 e. The highest BCUT2D eigenvalue weighted by Gasteiger charge is 2.16. The van der Waals surface area contributed by atoms with Crippen LogP contribution in [0, 0.1) is 6.92 Å². The Hall–Kier alpha value is -2.90. The summed E-state index contributed by atoms with van der Waals surface area (Å²) in [6, 6.07) is 17.8. The van der Waals surface area contributed by atoms with Crippen LogP contribution in [0.5, 0.6) is 0 Å². The van der Waals surface area contributed by atoms with Gasteiger partial charge in [-0.1, -0.05) is 54.6 Å². The molecule has 7 heteroatoms. The van der Waals surface area contributed by atoms with E-state index in [1.165, 1.54) is 23.1 Å². The number of rotatable bonds is 7. The molecule has 0 saturated heterocycles. The van der Waals surface area contributed by atoms with Crippen LogP contribution in [-0.2, 0) is 17.1 Å². The number of carbonyl (C=O) groups excluding carboxylic acids is 1. The minimum Gasteiger partial charge on any atom is -0.351 e. The number of carbonyl (C=O) groups is 1. The van der Waals surface area contributed by atoms with Crippen molar-refractivity contribution < 1.29 is 4.79 Å². The first-order valence-electron chi connectivity index (χ1n) is 10.0. The fraction of sp³-hybridized carbons (Fsp3) is 0.208. The molecular weight excluding hydrogens is 426 g/mol. The molecule has 5 nitrogen and oxygen atoms in total. The lowest BCUT2D eigenvalue weighted by molar-refractivity contribution is -0.120. The summed E-state index contributed by atoms with van der Waals surface area (Å²) in [6.45, 7) is 4.41. The van der Waals surface area contributed by atoms with Crippen molar-refractivity contribution in [3.8, 4) is 11.1 Å². The maximum atomic E-state index is 12.7. The lowest BCUT2D eigenvalue weighted by Gasteiger charge is -2.13. The predicted octanol–water partition coefficient (Wildman–Crippen LogP) is 4.90. The number of hydrogen-bond donors (Lipinski definition) is 2. The van der Waals surface area contributed by atoms with E-state index < -0.39 is 0 Å². The van der Waals surface area contributed by atoms with Crippen molar-refractivity contribution in [3.05, 3.63) is 87.3 Å². The van der Waals surface area contributed by atoms with Gasteiger partial charge in [-0.2, -0.15) is 0 Å². The number of nitrogens with one attached hydrogen (secondary N) is 2. The largest absolute Gasteiger partial charge is 0.351 e. The Labute approximate surface area is 188 Å². The molecule has 0 aliphatic rings. The number of nitrogens with zero attached hydrogens (tertiary/aromatic N) is 1. The SMILES string of the molecule is Cc1ccccc1CNC(=O)C(C)SCc1nc2scc(-c3ccccc3)c2c(=O)[nH]1. The lowest BCUT2D eigenvalue weighted by atomic mass is 10.1. The Morgan fingerprint density at radius 1 is 1.16 bits per heavy atom. The minimum atomic E-state index is -0.256. The number of fused-ring (bicyclic) bond motifs is 1. The van der Waals surface area contributed by atoms with Crippen LogP contribution in [0.3, 0.4) is 0 Å². The molecule has 0 fully saturated rings. The van der Waals surface area contributed by atoms with Crippen molar-refractivity contribution in [2.45, 2.75) is 31.4 Å². The van der Waals surface area contributed by atoms with E-state index in [-0.39, 0.29) is 16.7 Å². The van der Waals surface area contributed by atoms with Crippen LogP contribution in [0.1, 0.15) is 23.9 Å². The van der Waals surface area contributed by atoms with Crippen molar-refractivity contribution in [1.82, 2.24) is 15.3 Å². The molecule has 4 rings (SSSR count). The highest BCUT2D eigenvalue weighted by atomic mass is 32.2. The third kappa shape index (κ3) is 4.89. The first-order chi connectivity index (χ1) is 15.0. The van der Waals surface area contributed by atoms with E-state index in [1.807, 2.05) is 73.8 Å². The molecule has 1 atom stereocenters. The molecule has 1 amide bonds. The fourth-order valence-corrected chi connectivity index (χ4v) is 5.05. The standard InChI is InChI=1S/C24H23N3O2S2/c1-15-8-6-7-11-18(15)12-25-22(28)16(2)30-14-20-26-23(29)21-19(13-31-24(21)27-20)17-9-4-3-5-10-17/h3-11,13,16H,12,14H2,1-2H3,(H,25,28)(H,26,27,29). The second-order valence-corrected chi connectivity index (χ2v) is 9.49. The van der Waals surface area contributed by atoms with E-state index in [9.17, 15) is 9.59 Å². The normalized spacial score (nSPS) is 12.1. The Morgan fingerprint density at radius 2 is 1.90 bits per heavy atom. The first kappa shape index (κ1) is 21.3. The summed E-state index contributed by atoms with van der Waals surface area (Å²) in [5.41, 5.74) is 4.03. The van der Waals surface area contributed by atoms with Crippen molar-refractivity contribution in [2.24, 2.45) is 0 Å². The molecule has 4 aromatic rings. The molecule has 158 valence electrons. The number of benzene rings is 2. The van der Waals surface area contributed by atoms with E-state index in [0.717, 1.165) is 27.1 Å². The molecule has 0 spiro atoms. The number of aromatic amines is 1. The van der Waals surface area contributed by atoms with Gasteiger partial charge in [0.05, 0.1) is 16.4 Å². The second-order valence-electron chi connectivity index (χ2n) is 7.31. The molecule has 0 saturated carbocycles. The number of aryl methyl sites for hydroxylation is 1. The van der Waals surface area contributed by atoms with Crippen LogP contribution in [0.2, 0.25) is 0 Å². The van der Waals surface area contributed by atoms with Gasteiger partial charge in [0.25, 0.3) is 5.56 Å². The zero-order chi connectivity index (χ0) is 21.8. The summed E-state index contributed by atoms with van der Waals surface area (Å²) in [4.78, 5) is 33.5. The van der Waals surface area contributed by atoms with E-state index in [2.05, 4.69) is 15.3 Å². The topological polar surface area (TPSA) is 74.8 Å². The number of thioether (sulfide) groups is 1. The van der Waals surface area contributed by atoms with Gasteiger partial charge in [0.2, 0.25) is 5.91 Å². The average molecular weight is 450 g/mol. The van der Waals surface area contributed by atoms with E-state index in [0.29, 0.717) is 23.5 Å². The molecule has 2 aromatic heterocycles. The molecule has 0 aliphatic heterocycles.